The van der Waals surface area contributed by atoms with Crippen molar-refractivity contribution < 1.29 is 17.9 Å². The topological polar surface area (TPSA) is 75.8 Å². The number of nitrogens with one attached hydrogen (secondary N) is 1. The van der Waals surface area contributed by atoms with E-state index in [9.17, 15) is 18.4 Å². The van der Waals surface area contributed by atoms with Crippen molar-refractivity contribution in [3.05, 3.63) is 41.7 Å². The predicted molar refractivity (Wildman–Crippen MR) is 133 cm³/mol. The Morgan fingerprint density at radius 1 is 1.23 bits per heavy atom. The van der Waals surface area contributed by atoms with Gasteiger partial charge in [-0.25, -0.2) is 9.97 Å². The molecule has 1 aliphatic carbocycles. The lowest BCUT2D eigenvalue weighted by molar-refractivity contribution is -0.137. The first-order valence-electron chi connectivity index (χ1n) is 11.9. The lowest BCUT2D eigenvalue weighted by atomic mass is 10.0. The second-order valence-electron chi connectivity index (χ2n) is 10.3. The van der Waals surface area contributed by atoms with Gasteiger partial charge in [0.25, 0.3) is 0 Å². The molecule has 2 aromatic heterocycles. The van der Waals surface area contributed by atoms with E-state index in [0.717, 1.165) is 37.9 Å². The maximum atomic E-state index is 14.0. The molecular formula is C25H30F3N5OSi. The predicted octanol–water partition coefficient (Wildman–Crippen LogP) is 6.66. The Hall–Kier alpha value is -2.90. The highest BCUT2D eigenvalue weighted by molar-refractivity contribution is 6.76. The Bertz CT molecular complexity index is 1240. The zero-order chi connectivity index (χ0) is 25.2. The number of hydrogen-bond donors (Lipinski definition) is 1. The highest BCUT2D eigenvalue weighted by Crippen LogP contribution is 2.40. The van der Waals surface area contributed by atoms with E-state index in [-0.39, 0.29) is 24.4 Å². The second-order valence-corrected chi connectivity index (χ2v) is 15.9. The normalized spacial score (nSPS) is 15.0. The summed E-state index contributed by atoms with van der Waals surface area (Å²) >= 11 is 0. The van der Waals surface area contributed by atoms with Gasteiger partial charge in [-0.3, -0.25) is 0 Å². The summed E-state index contributed by atoms with van der Waals surface area (Å²) in [5.74, 6) is 0.195. The zero-order valence-corrected chi connectivity index (χ0v) is 21.2. The lowest BCUT2D eigenvalue weighted by Gasteiger charge is -2.16. The Morgan fingerprint density at radius 2 is 1.97 bits per heavy atom. The molecule has 0 spiro atoms. The maximum absolute atomic E-state index is 14.0. The number of rotatable bonds is 8. The van der Waals surface area contributed by atoms with Crippen LogP contribution in [0.2, 0.25) is 25.7 Å². The number of fused-ring (bicyclic) bond motifs is 1. The molecule has 0 atom stereocenters. The van der Waals surface area contributed by atoms with Gasteiger partial charge in [-0.1, -0.05) is 38.5 Å². The average molecular weight is 502 g/mol. The Balaban J connectivity index is 1.76. The van der Waals surface area contributed by atoms with E-state index in [1.807, 2.05) is 0 Å². The third-order valence-corrected chi connectivity index (χ3v) is 7.98. The van der Waals surface area contributed by atoms with Crippen LogP contribution in [0.15, 0.2) is 30.6 Å². The summed E-state index contributed by atoms with van der Waals surface area (Å²) in [6.07, 6.45) is 1.94. The molecule has 0 unspecified atom stereocenters. The van der Waals surface area contributed by atoms with E-state index in [1.165, 1.54) is 0 Å². The molecule has 10 heteroatoms. The number of halogens is 3. The van der Waals surface area contributed by atoms with E-state index in [4.69, 9.17) is 4.74 Å². The molecule has 0 amide bonds. The Labute approximate surface area is 204 Å². The molecule has 1 saturated carbocycles. The van der Waals surface area contributed by atoms with Gasteiger partial charge in [0.15, 0.2) is 0 Å². The van der Waals surface area contributed by atoms with Crippen LogP contribution in [-0.2, 0) is 17.6 Å². The molecule has 2 heterocycles. The number of hydrogen-bond acceptors (Lipinski definition) is 5. The molecule has 0 bridgehead atoms. The monoisotopic (exact) mass is 501 g/mol. The fraction of sp³-hybridized carbons (Fsp3) is 0.480. The zero-order valence-electron chi connectivity index (χ0n) is 20.2. The van der Waals surface area contributed by atoms with Crippen LogP contribution in [0.5, 0.6) is 0 Å². The van der Waals surface area contributed by atoms with Crippen LogP contribution in [0, 0.1) is 11.3 Å². The Morgan fingerprint density at radius 3 is 2.63 bits per heavy atom. The van der Waals surface area contributed by atoms with E-state index in [1.54, 1.807) is 29.0 Å². The van der Waals surface area contributed by atoms with Gasteiger partial charge >= 0.3 is 6.18 Å². The van der Waals surface area contributed by atoms with Gasteiger partial charge in [-0.2, -0.15) is 18.4 Å². The summed E-state index contributed by atoms with van der Waals surface area (Å²) in [5.41, 5.74) is 0.320. The molecule has 1 N–H and O–H groups in total. The summed E-state index contributed by atoms with van der Waals surface area (Å²) in [4.78, 5) is 8.33. The molecular weight excluding hydrogens is 471 g/mol. The average Bonchev–Trinajstić information content (AvgIpc) is 3.42. The number of aromatic nitrogens is 3. The third-order valence-electron chi connectivity index (χ3n) is 6.28. The molecule has 0 aliphatic heterocycles. The molecule has 1 aromatic carbocycles. The molecule has 35 heavy (non-hydrogen) atoms. The van der Waals surface area contributed by atoms with Gasteiger partial charge in [-0.05, 0) is 31.0 Å². The molecule has 0 saturated heterocycles. The standard InChI is InChI=1S/C25H30F3N5OSi/c1-35(2,3)11-10-34-16-33-15-20(19-9-8-17(13-29)12-22(19)33)23-21(25(26,27)28)14-30-24(32-23)31-18-6-4-5-7-18/h8-9,12,14-15,18H,4-7,10-11,16H2,1-3H3,(H,30,31,32). The van der Waals surface area contributed by atoms with Crippen LogP contribution >= 0.6 is 0 Å². The van der Waals surface area contributed by atoms with Crippen molar-refractivity contribution in [2.24, 2.45) is 0 Å². The number of anilines is 1. The molecule has 4 rings (SSSR count). The first kappa shape index (κ1) is 25.2. The summed E-state index contributed by atoms with van der Waals surface area (Å²) < 4.78 is 49.6. The van der Waals surface area contributed by atoms with Gasteiger partial charge in [0, 0.05) is 44.1 Å². The molecule has 1 aliphatic rings. The van der Waals surface area contributed by atoms with Gasteiger partial charge in [-0.15, -0.1) is 0 Å². The van der Waals surface area contributed by atoms with Crippen molar-refractivity contribution >= 4 is 24.9 Å². The van der Waals surface area contributed by atoms with Crippen molar-refractivity contribution in [3.63, 3.8) is 0 Å². The number of nitrogens with zero attached hydrogens (tertiary/aromatic N) is 4. The van der Waals surface area contributed by atoms with E-state index >= 15 is 0 Å². The first-order valence-corrected chi connectivity index (χ1v) is 15.6. The number of benzene rings is 1. The van der Waals surface area contributed by atoms with Gasteiger partial charge in [0.05, 0.1) is 22.8 Å². The van der Waals surface area contributed by atoms with Crippen molar-refractivity contribution in [3.8, 4) is 17.3 Å². The summed E-state index contributed by atoms with van der Waals surface area (Å²) in [6.45, 7) is 7.51. The minimum atomic E-state index is -4.62. The second kappa shape index (κ2) is 9.99. The molecule has 1 fully saturated rings. The number of nitriles is 1. The van der Waals surface area contributed by atoms with Crippen molar-refractivity contribution in [1.29, 1.82) is 5.26 Å². The molecule has 186 valence electrons. The highest BCUT2D eigenvalue weighted by atomic mass is 28.3. The Kier molecular flexibility index (Phi) is 7.19. The van der Waals surface area contributed by atoms with Crippen LogP contribution in [0.1, 0.15) is 36.8 Å². The molecule has 3 aromatic rings. The fourth-order valence-corrected chi connectivity index (χ4v) is 5.07. The van der Waals surface area contributed by atoms with Crippen LogP contribution in [-0.4, -0.2) is 35.3 Å². The smallest absolute Gasteiger partial charge is 0.361 e. The maximum Gasteiger partial charge on any atom is 0.419 e. The summed E-state index contributed by atoms with van der Waals surface area (Å²) in [6, 6.07) is 8.20. The minimum absolute atomic E-state index is 0.166. The largest absolute Gasteiger partial charge is 0.419 e. The van der Waals surface area contributed by atoms with Crippen LogP contribution < -0.4 is 5.32 Å². The lowest BCUT2D eigenvalue weighted by Crippen LogP contribution is -2.21. The van der Waals surface area contributed by atoms with Gasteiger partial charge in [0.1, 0.15) is 12.3 Å². The summed E-state index contributed by atoms with van der Waals surface area (Å²) in [5, 5.41) is 13.2. The van der Waals surface area contributed by atoms with Gasteiger partial charge in [0.2, 0.25) is 5.95 Å². The first-order chi connectivity index (χ1) is 16.5. The van der Waals surface area contributed by atoms with E-state index < -0.39 is 19.8 Å². The van der Waals surface area contributed by atoms with Gasteiger partial charge < -0.3 is 14.6 Å². The highest BCUT2D eigenvalue weighted by Gasteiger charge is 2.36. The molecule has 6 nitrogen and oxygen atoms in total. The summed E-state index contributed by atoms with van der Waals surface area (Å²) in [7, 11) is -1.29. The fourth-order valence-electron chi connectivity index (χ4n) is 4.32. The van der Waals surface area contributed by atoms with E-state index in [0.29, 0.717) is 28.6 Å². The van der Waals surface area contributed by atoms with Crippen molar-refractivity contribution in [2.45, 2.75) is 70.3 Å². The minimum Gasteiger partial charge on any atom is -0.361 e. The molecule has 0 radical (unpaired) electrons. The quantitative estimate of drug-likeness (QED) is 0.276. The third kappa shape index (κ3) is 6.03. The number of ether oxygens (including phenoxy) is 1. The number of alkyl halides is 3. The van der Waals surface area contributed by atoms with Crippen LogP contribution in [0.3, 0.4) is 0 Å². The van der Waals surface area contributed by atoms with Crippen LogP contribution in [0.4, 0.5) is 19.1 Å². The van der Waals surface area contributed by atoms with Crippen molar-refractivity contribution in [2.75, 3.05) is 11.9 Å². The SMILES string of the molecule is C[Si](C)(C)CCOCn1cc(-c2nc(NC3CCCC3)ncc2C(F)(F)F)c2ccc(C#N)cc21. The van der Waals surface area contributed by atoms with E-state index in [2.05, 4.69) is 41.0 Å². The van der Waals surface area contributed by atoms with Crippen LogP contribution in [0.25, 0.3) is 22.2 Å². The van der Waals surface area contributed by atoms with Crippen molar-refractivity contribution in [1.82, 2.24) is 14.5 Å².